The number of fused-ring (bicyclic) bond motifs is 1. The topological polar surface area (TPSA) is 51.2 Å². The highest BCUT2D eigenvalue weighted by molar-refractivity contribution is 6.52. The summed E-state index contributed by atoms with van der Waals surface area (Å²) in [5, 5.41) is 0. The molecule has 1 aromatic rings. The smallest absolute Gasteiger partial charge is 0.233 e. The number of carbonyl (C=O) groups excluding carboxylic acids is 3. The summed E-state index contributed by atoms with van der Waals surface area (Å²) in [6.45, 7) is 0. The van der Waals surface area contributed by atoms with E-state index in [0.29, 0.717) is 17.4 Å². The largest absolute Gasteiger partial charge is 0.298 e. The van der Waals surface area contributed by atoms with Crippen molar-refractivity contribution in [3.05, 3.63) is 41.5 Å². The molecule has 0 N–H and O–H groups in total. The van der Waals surface area contributed by atoms with Crippen LogP contribution in [0.25, 0.3) is 5.57 Å². The average molecular weight is 186 g/mol. The van der Waals surface area contributed by atoms with Crippen LogP contribution in [0.3, 0.4) is 0 Å². The van der Waals surface area contributed by atoms with E-state index in [1.807, 2.05) is 0 Å². The zero-order valence-electron chi connectivity index (χ0n) is 7.19. The molecule has 1 aliphatic rings. The second kappa shape index (κ2) is 3.03. The van der Waals surface area contributed by atoms with Gasteiger partial charge in [-0.2, -0.15) is 0 Å². The van der Waals surface area contributed by atoms with Crippen LogP contribution >= 0.6 is 0 Å². The van der Waals surface area contributed by atoms with Gasteiger partial charge in [-0.05, 0) is 5.56 Å². The molecule has 3 nitrogen and oxygen atoms in total. The molecular weight excluding hydrogens is 180 g/mol. The Labute approximate surface area is 80.0 Å². The standard InChI is InChI=1S/C11H6O3/c12-6-7-5-10(13)11(14)9-4-2-1-3-8(7)9/h1-6H. The number of Topliss-reactive ketones (excluding diaryl/α,β-unsaturated/α-hetero) is 1. The lowest BCUT2D eigenvalue weighted by Gasteiger charge is -2.10. The molecule has 14 heavy (non-hydrogen) atoms. The molecule has 0 bridgehead atoms. The number of benzene rings is 1. The van der Waals surface area contributed by atoms with Gasteiger partial charge in [-0.15, -0.1) is 0 Å². The summed E-state index contributed by atoms with van der Waals surface area (Å²) < 4.78 is 0. The zero-order chi connectivity index (χ0) is 10.1. The summed E-state index contributed by atoms with van der Waals surface area (Å²) >= 11 is 0. The van der Waals surface area contributed by atoms with Crippen LogP contribution in [0.15, 0.2) is 30.3 Å². The molecule has 0 spiro atoms. The molecule has 3 heteroatoms. The number of rotatable bonds is 1. The molecule has 0 heterocycles. The Morgan fingerprint density at radius 2 is 1.64 bits per heavy atom. The van der Waals surface area contributed by atoms with Crippen LogP contribution in [0.4, 0.5) is 0 Å². The summed E-state index contributed by atoms with van der Waals surface area (Å²) in [5.74, 6) is -1.18. The molecule has 0 radical (unpaired) electrons. The second-order valence-corrected chi connectivity index (χ2v) is 2.96. The van der Waals surface area contributed by atoms with Crippen molar-refractivity contribution >= 4 is 23.4 Å². The number of ketones is 2. The van der Waals surface area contributed by atoms with Gasteiger partial charge in [0, 0.05) is 17.2 Å². The van der Waals surface area contributed by atoms with Gasteiger partial charge in [-0.3, -0.25) is 14.4 Å². The third-order valence-electron chi connectivity index (χ3n) is 2.12. The highest BCUT2D eigenvalue weighted by atomic mass is 16.2. The molecule has 0 amide bonds. The van der Waals surface area contributed by atoms with Crippen LogP contribution in [0.1, 0.15) is 15.9 Å². The monoisotopic (exact) mass is 186 g/mol. The minimum atomic E-state index is -0.634. The van der Waals surface area contributed by atoms with Crippen molar-refractivity contribution in [1.82, 2.24) is 0 Å². The average Bonchev–Trinajstić information content (AvgIpc) is 2.23. The zero-order valence-corrected chi connectivity index (χ0v) is 7.19. The van der Waals surface area contributed by atoms with Gasteiger partial charge in [-0.25, -0.2) is 0 Å². The van der Waals surface area contributed by atoms with Crippen molar-refractivity contribution in [3.63, 3.8) is 0 Å². The first kappa shape index (κ1) is 8.56. The predicted octanol–water partition coefficient (Wildman–Crippen LogP) is 1.03. The van der Waals surface area contributed by atoms with Crippen molar-refractivity contribution in [2.45, 2.75) is 0 Å². The van der Waals surface area contributed by atoms with Crippen molar-refractivity contribution in [3.8, 4) is 0 Å². The molecule has 0 aliphatic heterocycles. The third-order valence-corrected chi connectivity index (χ3v) is 2.12. The summed E-state index contributed by atoms with van der Waals surface area (Å²) in [5.41, 5.74) is 1.11. The van der Waals surface area contributed by atoms with E-state index < -0.39 is 11.6 Å². The summed E-state index contributed by atoms with van der Waals surface area (Å²) in [4.78, 5) is 33.2. The molecular formula is C11H6O3. The minimum Gasteiger partial charge on any atom is -0.298 e. The van der Waals surface area contributed by atoms with Crippen molar-refractivity contribution < 1.29 is 14.4 Å². The number of carbonyl (C=O) groups is 3. The van der Waals surface area contributed by atoms with E-state index in [2.05, 4.69) is 0 Å². The first-order chi connectivity index (χ1) is 6.74. The van der Waals surface area contributed by atoms with Gasteiger partial charge < -0.3 is 0 Å². The van der Waals surface area contributed by atoms with Crippen LogP contribution in [-0.2, 0) is 9.59 Å². The van der Waals surface area contributed by atoms with Crippen LogP contribution in [0.5, 0.6) is 0 Å². The lowest BCUT2D eigenvalue weighted by atomic mass is 9.90. The van der Waals surface area contributed by atoms with Crippen LogP contribution in [-0.4, -0.2) is 17.9 Å². The Morgan fingerprint density at radius 1 is 1.00 bits per heavy atom. The fourth-order valence-electron chi connectivity index (χ4n) is 1.45. The maximum atomic E-state index is 11.4. The van der Waals surface area contributed by atoms with Crippen LogP contribution in [0, 0.1) is 0 Å². The third kappa shape index (κ3) is 1.10. The molecule has 1 aliphatic carbocycles. The maximum Gasteiger partial charge on any atom is 0.233 e. The van der Waals surface area contributed by atoms with E-state index in [1.54, 1.807) is 24.3 Å². The van der Waals surface area contributed by atoms with Crippen molar-refractivity contribution in [2.24, 2.45) is 0 Å². The Hall–Kier alpha value is -2.03. The van der Waals surface area contributed by atoms with Crippen molar-refractivity contribution in [1.29, 1.82) is 0 Å². The molecule has 0 saturated heterocycles. The second-order valence-electron chi connectivity index (χ2n) is 2.96. The van der Waals surface area contributed by atoms with Crippen LogP contribution in [0.2, 0.25) is 0 Å². The van der Waals surface area contributed by atoms with Crippen molar-refractivity contribution in [2.75, 3.05) is 0 Å². The van der Waals surface area contributed by atoms with Gasteiger partial charge >= 0.3 is 0 Å². The lowest BCUT2D eigenvalue weighted by molar-refractivity contribution is -0.111. The maximum absolute atomic E-state index is 11.4. The van der Waals surface area contributed by atoms with E-state index in [-0.39, 0.29) is 5.57 Å². The Bertz CT molecular complexity index is 469. The molecule has 0 saturated carbocycles. The molecule has 0 aromatic heterocycles. The predicted molar refractivity (Wildman–Crippen MR) is 49.8 cm³/mol. The number of hydrogen-bond donors (Lipinski definition) is 0. The lowest BCUT2D eigenvalue weighted by Crippen LogP contribution is -2.18. The van der Waals surface area contributed by atoms with E-state index in [4.69, 9.17) is 0 Å². The van der Waals surface area contributed by atoms with Gasteiger partial charge in [-0.1, -0.05) is 24.3 Å². The van der Waals surface area contributed by atoms with Crippen LogP contribution < -0.4 is 0 Å². The summed E-state index contributed by atoms with van der Waals surface area (Å²) in [7, 11) is 0. The molecule has 0 atom stereocenters. The van der Waals surface area contributed by atoms with Gasteiger partial charge in [0.05, 0.1) is 0 Å². The van der Waals surface area contributed by atoms with E-state index in [1.165, 1.54) is 0 Å². The first-order valence-electron chi connectivity index (χ1n) is 4.09. The molecule has 68 valence electrons. The molecule has 0 unspecified atom stereocenters. The quantitative estimate of drug-likeness (QED) is 0.486. The molecule has 1 aromatic carbocycles. The fraction of sp³-hybridized carbons (Fsp3) is 0. The Morgan fingerprint density at radius 3 is 2.29 bits per heavy atom. The number of hydrogen-bond acceptors (Lipinski definition) is 3. The van der Waals surface area contributed by atoms with Gasteiger partial charge in [0.2, 0.25) is 11.6 Å². The number of aldehydes is 1. The van der Waals surface area contributed by atoms with E-state index in [9.17, 15) is 14.4 Å². The van der Waals surface area contributed by atoms with Gasteiger partial charge in [0.1, 0.15) is 0 Å². The highest BCUT2D eigenvalue weighted by Gasteiger charge is 2.24. The fourth-order valence-corrected chi connectivity index (χ4v) is 1.45. The summed E-state index contributed by atoms with van der Waals surface area (Å²) in [6.07, 6.45) is 1.67. The molecule has 2 rings (SSSR count). The van der Waals surface area contributed by atoms with E-state index in [0.717, 1.165) is 6.08 Å². The van der Waals surface area contributed by atoms with Gasteiger partial charge in [0.15, 0.2) is 6.29 Å². The molecule has 0 fully saturated rings. The van der Waals surface area contributed by atoms with Gasteiger partial charge in [0.25, 0.3) is 0 Å². The Kier molecular flexibility index (Phi) is 1.85. The highest BCUT2D eigenvalue weighted by Crippen LogP contribution is 2.22. The number of allylic oxidation sites excluding steroid dienone is 2. The SMILES string of the molecule is O=CC1=CC(=O)C(=O)c2ccccc21. The normalized spacial score (nSPS) is 14.7. The first-order valence-corrected chi connectivity index (χ1v) is 4.09. The Balaban J connectivity index is 2.72. The van der Waals surface area contributed by atoms with E-state index >= 15 is 0 Å². The minimum absolute atomic E-state index is 0.269. The summed E-state index contributed by atoms with van der Waals surface area (Å²) in [6, 6.07) is 6.59.